The zero-order valence-corrected chi connectivity index (χ0v) is 10.2. The molecule has 16 heavy (non-hydrogen) atoms. The van der Waals surface area contributed by atoms with Crippen LogP contribution in [0.1, 0.15) is 32.0 Å². The van der Waals surface area contributed by atoms with Crippen molar-refractivity contribution in [3.8, 4) is 0 Å². The lowest BCUT2D eigenvalue weighted by molar-refractivity contribution is 0.371. The second kappa shape index (κ2) is 6.09. The lowest BCUT2D eigenvalue weighted by Crippen LogP contribution is -2.41. The number of nitrogens with one attached hydrogen (secondary N) is 2. The van der Waals surface area contributed by atoms with E-state index in [0.717, 1.165) is 12.4 Å². The fraction of sp³-hybridized carbons (Fsp3) is 0.700. The van der Waals surface area contributed by atoms with E-state index in [4.69, 9.17) is 4.52 Å². The molecule has 0 saturated carbocycles. The van der Waals surface area contributed by atoms with Gasteiger partial charge in [-0.1, -0.05) is 12.1 Å². The molecule has 0 bridgehead atoms. The van der Waals surface area contributed by atoms with E-state index >= 15 is 0 Å². The zero-order valence-electron chi connectivity index (χ0n) is 10.2. The van der Waals surface area contributed by atoms with Gasteiger partial charge in [-0.15, -0.1) is 0 Å². The molecule has 1 heterocycles. The molecule has 0 aliphatic rings. The summed E-state index contributed by atoms with van der Waals surface area (Å²) in [6, 6.07) is 0.385. The van der Waals surface area contributed by atoms with Gasteiger partial charge in [-0.2, -0.15) is 4.98 Å². The first-order valence-electron chi connectivity index (χ1n) is 5.42. The summed E-state index contributed by atoms with van der Waals surface area (Å²) in [4.78, 5) is 8.20. The van der Waals surface area contributed by atoms with Gasteiger partial charge in [0.1, 0.15) is 0 Å². The number of aliphatic imine (C=N–C) groups is 1. The minimum Gasteiger partial charge on any atom is -0.354 e. The maximum absolute atomic E-state index is 4.98. The Bertz CT molecular complexity index is 347. The summed E-state index contributed by atoms with van der Waals surface area (Å²) in [5, 5.41) is 10.1. The average molecular weight is 225 g/mol. The van der Waals surface area contributed by atoms with Gasteiger partial charge in [-0.25, -0.2) is 0 Å². The Kier molecular flexibility index (Phi) is 4.75. The molecule has 0 fully saturated rings. The molecular formula is C10H19N5O. The van der Waals surface area contributed by atoms with Crippen molar-refractivity contribution in [3.63, 3.8) is 0 Å². The van der Waals surface area contributed by atoms with Crippen LogP contribution in [0.4, 0.5) is 0 Å². The number of nitrogens with zero attached hydrogens (tertiary/aromatic N) is 3. The smallest absolute Gasteiger partial charge is 0.246 e. The molecule has 0 radical (unpaired) electrons. The Labute approximate surface area is 95.5 Å². The van der Waals surface area contributed by atoms with E-state index in [9.17, 15) is 0 Å². The van der Waals surface area contributed by atoms with Gasteiger partial charge in [0.05, 0.1) is 6.54 Å². The molecule has 0 spiro atoms. The molecule has 2 N–H and O–H groups in total. The summed E-state index contributed by atoms with van der Waals surface area (Å²) in [5.41, 5.74) is 0. The molecule has 0 aliphatic heterocycles. The molecule has 6 nitrogen and oxygen atoms in total. The van der Waals surface area contributed by atoms with Crippen LogP contribution < -0.4 is 10.6 Å². The molecule has 0 aromatic carbocycles. The average Bonchev–Trinajstić information content (AvgIpc) is 2.69. The Morgan fingerprint density at radius 2 is 2.31 bits per heavy atom. The maximum atomic E-state index is 4.98. The van der Waals surface area contributed by atoms with Crippen molar-refractivity contribution in [1.82, 2.24) is 20.8 Å². The van der Waals surface area contributed by atoms with E-state index in [0.29, 0.717) is 24.3 Å². The van der Waals surface area contributed by atoms with E-state index in [2.05, 4.69) is 39.6 Å². The number of hydrogen-bond acceptors (Lipinski definition) is 4. The third-order valence-corrected chi connectivity index (χ3v) is 2.20. The highest BCUT2D eigenvalue weighted by Gasteiger charge is 2.05. The van der Waals surface area contributed by atoms with Gasteiger partial charge in [0, 0.05) is 13.1 Å². The summed E-state index contributed by atoms with van der Waals surface area (Å²) in [6.07, 6.45) is 1.04. The van der Waals surface area contributed by atoms with Gasteiger partial charge in [0.15, 0.2) is 11.8 Å². The fourth-order valence-corrected chi connectivity index (χ4v) is 1.10. The number of hydrogen-bond donors (Lipinski definition) is 2. The van der Waals surface area contributed by atoms with Crippen LogP contribution >= 0.6 is 0 Å². The van der Waals surface area contributed by atoms with Crippen LogP contribution in [0.25, 0.3) is 0 Å². The quantitative estimate of drug-likeness (QED) is 0.586. The van der Waals surface area contributed by atoms with Crippen molar-refractivity contribution in [2.75, 3.05) is 7.05 Å². The molecule has 0 amide bonds. The summed E-state index contributed by atoms with van der Waals surface area (Å²) >= 11 is 0. The SMILES string of the molecule is CCC(C)NC(=NC)NCc1nc(C)no1. The van der Waals surface area contributed by atoms with E-state index < -0.39 is 0 Å². The molecule has 1 unspecified atom stereocenters. The minimum atomic E-state index is 0.385. The van der Waals surface area contributed by atoms with Gasteiger partial charge in [0.2, 0.25) is 5.89 Å². The third-order valence-electron chi connectivity index (χ3n) is 2.20. The Hall–Kier alpha value is -1.59. The van der Waals surface area contributed by atoms with Crippen LogP contribution in [0.5, 0.6) is 0 Å². The standard InChI is InChI=1S/C10H19N5O/c1-5-7(2)13-10(11-4)12-6-9-14-8(3)15-16-9/h7H,5-6H2,1-4H3,(H2,11,12,13). The summed E-state index contributed by atoms with van der Waals surface area (Å²) < 4.78 is 4.98. The van der Waals surface area contributed by atoms with Crippen molar-refractivity contribution < 1.29 is 4.52 Å². The highest BCUT2D eigenvalue weighted by molar-refractivity contribution is 5.79. The second-order valence-electron chi connectivity index (χ2n) is 3.61. The maximum Gasteiger partial charge on any atom is 0.246 e. The second-order valence-corrected chi connectivity index (χ2v) is 3.61. The molecule has 1 aromatic rings. The van der Waals surface area contributed by atoms with Crippen LogP contribution in [-0.4, -0.2) is 29.2 Å². The summed E-state index contributed by atoms with van der Waals surface area (Å²) in [6.45, 7) is 6.49. The fourth-order valence-electron chi connectivity index (χ4n) is 1.10. The largest absolute Gasteiger partial charge is 0.354 e. The highest BCUT2D eigenvalue weighted by Crippen LogP contribution is 1.94. The molecule has 1 aromatic heterocycles. The number of aromatic nitrogens is 2. The minimum absolute atomic E-state index is 0.385. The first-order valence-corrected chi connectivity index (χ1v) is 5.42. The predicted molar refractivity (Wildman–Crippen MR) is 62.1 cm³/mol. The lowest BCUT2D eigenvalue weighted by Gasteiger charge is -2.15. The highest BCUT2D eigenvalue weighted by atomic mass is 16.5. The molecule has 1 rings (SSSR count). The van der Waals surface area contributed by atoms with Gasteiger partial charge in [-0.3, -0.25) is 4.99 Å². The van der Waals surface area contributed by atoms with Gasteiger partial charge < -0.3 is 15.2 Å². The van der Waals surface area contributed by atoms with E-state index in [1.165, 1.54) is 0 Å². The summed E-state index contributed by atoms with van der Waals surface area (Å²) in [5.74, 6) is 1.94. The predicted octanol–water partition coefficient (Wildman–Crippen LogP) is 0.842. The normalized spacial score (nSPS) is 13.6. The number of aryl methyl sites for hydroxylation is 1. The topological polar surface area (TPSA) is 75.3 Å². The summed E-state index contributed by atoms with van der Waals surface area (Å²) in [7, 11) is 1.73. The van der Waals surface area contributed by atoms with Crippen molar-refractivity contribution >= 4 is 5.96 Å². The van der Waals surface area contributed by atoms with Crippen LogP contribution in [0.3, 0.4) is 0 Å². The van der Waals surface area contributed by atoms with Crippen LogP contribution in [0.2, 0.25) is 0 Å². The van der Waals surface area contributed by atoms with E-state index in [1.807, 2.05) is 0 Å². The molecule has 6 heteroatoms. The van der Waals surface area contributed by atoms with Crippen molar-refractivity contribution in [1.29, 1.82) is 0 Å². The van der Waals surface area contributed by atoms with Crippen molar-refractivity contribution in [3.05, 3.63) is 11.7 Å². The molecule has 0 aliphatic carbocycles. The molecule has 1 atom stereocenters. The molecular weight excluding hydrogens is 206 g/mol. The Morgan fingerprint density at radius 1 is 1.56 bits per heavy atom. The van der Waals surface area contributed by atoms with Gasteiger partial charge in [0.25, 0.3) is 0 Å². The first-order chi connectivity index (χ1) is 7.65. The Balaban J connectivity index is 2.40. The van der Waals surface area contributed by atoms with Gasteiger partial charge in [-0.05, 0) is 20.3 Å². The van der Waals surface area contributed by atoms with Crippen LogP contribution in [-0.2, 0) is 6.54 Å². The third kappa shape index (κ3) is 3.88. The lowest BCUT2D eigenvalue weighted by atomic mass is 10.3. The van der Waals surface area contributed by atoms with Gasteiger partial charge >= 0.3 is 0 Å². The van der Waals surface area contributed by atoms with Crippen molar-refractivity contribution in [2.24, 2.45) is 4.99 Å². The monoisotopic (exact) mass is 225 g/mol. The number of guanidine groups is 1. The van der Waals surface area contributed by atoms with E-state index in [1.54, 1.807) is 14.0 Å². The first kappa shape index (κ1) is 12.5. The number of rotatable bonds is 4. The van der Waals surface area contributed by atoms with Crippen LogP contribution in [0.15, 0.2) is 9.52 Å². The molecule has 0 saturated heterocycles. The zero-order chi connectivity index (χ0) is 12.0. The Morgan fingerprint density at radius 3 is 2.81 bits per heavy atom. The van der Waals surface area contributed by atoms with Crippen LogP contribution in [0, 0.1) is 6.92 Å². The van der Waals surface area contributed by atoms with E-state index in [-0.39, 0.29) is 0 Å². The molecule has 90 valence electrons. The van der Waals surface area contributed by atoms with Crippen molar-refractivity contribution in [2.45, 2.75) is 39.8 Å².